The van der Waals surface area contributed by atoms with Gasteiger partial charge in [0.05, 0.1) is 5.75 Å². The summed E-state index contributed by atoms with van der Waals surface area (Å²) >= 11 is 9.06. The molecule has 11 heteroatoms. The van der Waals surface area contributed by atoms with E-state index < -0.39 is 0 Å². The maximum atomic E-state index is 12.5. The fourth-order valence-corrected chi connectivity index (χ4v) is 5.88. The van der Waals surface area contributed by atoms with E-state index in [0.717, 1.165) is 39.7 Å². The number of hydrogen-bond donors (Lipinski definition) is 1. The van der Waals surface area contributed by atoms with Crippen LogP contribution < -0.4 is 10.1 Å². The number of amides is 1. The second-order valence-corrected chi connectivity index (χ2v) is 11.0. The van der Waals surface area contributed by atoms with Crippen molar-refractivity contribution in [1.29, 1.82) is 0 Å². The SMILES string of the molecule is Cc1cc(OC(C)c2nnc(SCC(=O)Nc3nnc(C4CCCCC4)s3)n2C)cc(C)c1Cl. The highest BCUT2D eigenvalue weighted by Gasteiger charge is 2.21. The molecule has 0 saturated heterocycles. The standard InChI is InChI=1S/C23H29ClN6O2S2/c1-13-10-17(11-14(2)19(13)24)32-15(3)20-26-29-23(30(20)4)33-12-18(31)25-22-28-27-21(34-22)16-8-6-5-7-9-16/h10-11,15-16H,5-9,12H2,1-4H3,(H,25,28,31). The Bertz CT molecular complexity index is 1140. The van der Waals surface area contributed by atoms with Gasteiger partial charge >= 0.3 is 0 Å². The summed E-state index contributed by atoms with van der Waals surface area (Å²) in [6.45, 7) is 5.82. The molecule has 2 aromatic heterocycles. The molecule has 0 bridgehead atoms. The van der Waals surface area contributed by atoms with Crippen molar-refractivity contribution in [3.05, 3.63) is 39.1 Å². The van der Waals surface area contributed by atoms with Gasteiger partial charge in [0.15, 0.2) is 17.1 Å². The van der Waals surface area contributed by atoms with Crippen molar-refractivity contribution < 1.29 is 9.53 Å². The molecule has 1 unspecified atom stereocenters. The fourth-order valence-electron chi connectivity index (χ4n) is 4.12. The van der Waals surface area contributed by atoms with Crippen LogP contribution in [0.25, 0.3) is 0 Å². The minimum Gasteiger partial charge on any atom is -0.483 e. The molecule has 1 aliphatic carbocycles. The van der Waals surface area contributed by atoms with Gasteiger partial charge in [0, 0.05) is 18.0 Å². The lowest BCUT2D eigenvalue weighted by atomic mass is 9.90. The number of thioether (sulfide) groups is 1. The molecule has 1 fully saturated rings. The largest absolute Gasteiger partial charge is 0.483 e. The van der Waals surface area contributed by atoms with Gasteiger partial charge in [-0.1, -0.05) is 54.0 Å². The van der Waals surface area contributed by atoms with Crippen LogP contribution >= 0.6 is 34.7 Å². The third-order valence-corrected chi connectivity index (χ3v) is 8.55. The number of benzene rings is 1. The Morgan fingerprint density at radius 1 is 1.21 bits per heavy atom. The van der Waals surface area contributed by atoms with E-state index in [1.54, 1.807) is 0 Å². The van der Waals surface area contributed by atoms with Gasteiger partial charge in [0.25, 0.3) is 0 Å². The average molecular weight is 521 g/mol. The highest BCUT2D eigenvalue weighted by Crippen LogP contribution is 2.35. The Morgan fingerprint density at radius 2 is 1.91 bits per heavy atom. The predicted molar refractivity (Wildman–Crippen MR) is 136 cm³/mol. The monoisotopic (exact) mass is 520 g/mol. The second kappa shape index (κ2) is 11.0. The summed E-state index contributed by atoms with van der Waals surface area (Å²) in [5.41, 5.74) is 1.93. The van der Waals surface area contributed by atoms with Gasteiger partial charge in [-0.25, -0.2) is 0 Å². The van der Waals surface area contributed by atoms with Gasteiger partial charge in [-0.3, -0.25) is 10.1 Å². The highest BCUT2D eigenvalue weighted by atomic mass is 35.5. The number of rotatable bonds is 8. The van der Waals surface area contributed by atoms with Crippen LogP contribution in [0.1, 0.15) is 73.0 Å². The molecule has 182 valence electrons. The first-order valence-electron chi connectivity index (χ1n) is 11.4. The summed E-state index contributed by atoms with van der Waals surface area (Å²) in [6, 6.07) is 3.82. The Labute approximate surface area is 212 Å². The van der Waals surface area contributed by atoms with Crippen LogP contribution in [0.4, 0.5) is 5.13 Å². The van der Waals surface area contributed by atoms with E-state index in [2.05, 4.69) is 25.7 Å². The number of carbonyl (C=O) groups excluding carboxylic acids is 1. The van der Waals surface area contributed by atoms with Crippen molar-refractivity contribution in [2.24, 2.45) is 7.05 Å². The van der Waals surface area contributed by atoms with E-state index in [1.165, 1.54) is 42.4 Å². The quantitative estimate of drug-likeness (QED) is 0.372. The Hall–Kier alpha value is -2.17. The summed E-state index contributed by atoms with van der Waals surface area (Å²) in [5, 5.41) is 22.8. The molecule has 1 aliphatic rings. The molecular formula is C23H29ClN6O2S2. The Kier molecular flexibility index (Phi) is 8.10. The molecule has 34 heavy (non-hydrogen) atoms. The number of ether oxygens (including phenoxy) is 1. The molecule has 0 aliphatic heterocycles. The number of halogens is 1. The maximum absolute atomic E-state index is 12.5. The lowest BCUT2D eigenvalue weighted by molar-refractivity contribution is -0.113. The molecule has 1 amide bonds. The number of hydrogen-bond acceptors (Lipinski definition) is 8. The van der Waals surface area contributed by atoms with Gasteiger partial charge < -0.3 is 9.30 Å². The van der Waals surface area contributed by atoms with Crippen molar-refractivity contribution in [2.75, 3.05) is 11.1 Å². The predicted octanol–water partition coefficient (Wildman–Crippen LogP) is 5.86. The van der Waals surface area contributed by atoms with E-state index in [9.17, 15) is 4.79 Å². The lowest BCUT2D eigenvalue weighted by Gasteiger charge is -2.18. The van der Waals surface area contributed by atoms with Crippen molar-refractivity contribution in [1.82, 2.24) is 25.0 Å². The molecule has 1 saturated carbocycles. The zero-order valence-electron chi connectivity index (χ0n) is 19.8. The van der Waals surface area contributed by atoms with Crippen LogP contribution in [0.3, 0.4) is 0 Å². The van der Waals surface area contributed by atoms with E-state index in [1.807, 2.05) is 44.5 Å². The molecular weight excluding hydrogens is 492 g/mol. The summed E-state index contributed by atoms with van der Waals surface area (Å²) < 4.78 is 7.94. The Morgan fingerprint density at radius 3 is 2.62 bits per heavy atom. The molecule has 8 nitrogen and oxygen atoms in total. The molecule has 1 aromatic carbocycles. The summed E-state index contributed by atoms with van der Waals surface area (Å²) in [4.78, 5) is 12.5. The number of anilines is 1. The second-order valence-electron chi connectivity index (χ2n) is 8.65. The summed E-state index contributed by atoms with van der Waals surface area (Å²) in [5.74, 6) is 1.95. The molecule has 4 rings (SSSR count). The first-order chi connectivity index (χ1) is 16.3. The number of carbonyl (C=O) groups is 1. The van der Waals surface area contributed by atoms with Crippen molar-refractivity contribution >= 4 is 45.7 Å². The molecule has 3 aromatic rings. The first-order valence-corrected chi connectivity index (χ1v) is 13.6. The minimum atomic E-state index is -0.319. The average Bonchev–Trinajstić information content (AvgIpc) is 3.43. The van der Waals surface area contributed by atoms with Crippen molar-refractivity contribution in [3.63, 3.8) is 0 Å². The normalized spacial score (nSPS) is 15.3. The lowest BCUT2D eigenvalue weighted by Crippen LogP contribution is -2.14. The molecule has 1 N–H and O–H groups in total. The smallest absolute Gasteiger partial charge is 0.236 e. The van der Waals surface area contributed by atoms with Gasteiger partial charge in [0.2, 0.25) is 11.0 Å². The third kappa shape index (κ3) is 5.90. The van der Waals surface area contributed by atoms with Crippen LogP contribution in [0.5, 0.6) is 5.75 Å². The van der Waals surface area contributed by atoms with E-state index in [-0.39, 0.29) is 17.8 Å². The number of nitrogens with zero attached hydrogens (tertiary/aromatic N) is 5. The zero-order valence-corrected chi connectivity index (χ0v) is 22.2. The number of nitrogens with one attached hydrogen (secondary N) is 1. The summed E-state index contributed by atoms with van der Waals surface area (Å²) in [7, 11) is 1.87. The van der Waals surface area contributed by atoms with Gasteiger partial charge in [-0.15, -0.1) is 20.4 Å². The van der Waals surface area contributed by atoms with E-state index >= 15 is 0 Å². The highest BCUT2D eigenvalue weighted by molar-refractivity contribution is 7.99. The minimum absolute atomic E-state index is 0.141. The Balaban J connectivity index is 1.31. The topological polar surface area (TPSA) is 94.8 Å². The third-order valence-electron chi connectivity index (χ3n) is 5.93. The molecule has 0 radical (unpaired) electrons. The van der Waals surface area contributed by atoms with Crippen LogP contribution in [0, 0.1) is 13.8 Å². The molecule has 0 spiro atoms. The van der Waals surface area contributed by atoms with E-state index in [4.69, 9.17) is 16.3 Å². The van der Waals surface area contributed by atoms with Crippen LogP contribution in [-0.4, -0.2) is 36.6 Å². The van der Waals surface area contributed by atoms with Crippen LogP contribution in [0.15, 0.2) is 17.3 Å². The zero-order chi connectivity index (χ0) is 24.2. The fraction of sp³-hybridized carbons (Fsp3) is 0.522. The van der Waals surface area contributed by atoms with E-state index in [0.29, 0.717) is 22.0 Å². The summed E-state index contributed by atoms with van der Waals surface area (Å²) in [6.07, 6.45) is 5.78. The van der Waals surface area contributed by atoms with Gasteiger partial charge in [-0.05, 0) is 56.9 Å². The van der Waals surface area contributed by atoms with Crippen molar-refractivity contribution in [3.8, 4) is 5.75 Å². The van der Waals surface area contributed by atoms with Crippen LogP contribution in [0.2, 0.25) is 5.02 Å². The van der Waals surface area contributed by atoms with Gasteiger partial charge in [0.1, 0.15) is 10.8 Å². The van der Waals surface area contributed by atoms with Crippen molar-refractivity contribution in [2.45, 2.75) is 70.1 Å². The molecule has 1 atom stereocenters. The van der Waals surface area contributed by atoms with Crippen LogP contribution in [-0.2, 0) is 11.8 Å². The number of aryl methyl sites for hydroxylation is 2. The first kappa shape index (κ1) is 24.9. The molecule has 2 heterocycles. The number of aromatic nitrogens is 5. The maximum Gasteiger partial charge on any atom is 0.236 e. The van der Waals surface area contributed by atoms with Gasteiger partial charge in [-0.2, -0.15) is 0 Å².